The minimum Gasteiger partial charge on any atom is -0.396 e. The number of nitrogens with zero attached hydrogens (tertiary/aromatic N) is 1. The highest BCUT2D eigenvalue weighted by molar-refractivity contribution is 7.16. The number of amides is 1. The van der Waals surface area contributed by atoms with E-state index in [4.69, 9.17) is 5.11 Å². The van der Waals surface area contributed by atoms with Crippen LogP contribution in [0.15, 0.2) is 30.5 Å². The number of hydrogen-bond acceptors (Lipinski definition) is 4. The molecule has 1 aromatic carbocycles. The molecule has 0 bridgehead atoms. The van der Waals surface area contributed by atoms with Crippen LogP contribution in [0.25, 0.3) is 10.6 Å². The summed E-state index contributed by atoms with van der Waals surface area (Å²) in [4.78, 5) is 16.8. The molecule has 0 spiro atoms. The van der Waals surface area contributed by atoms with Crippen molar-refractivity contribution in [2.45, 2.75) is 26.2 Å². The number of thiazole rings is 1. The standard InChI is InChI=1S/C17H21FN2O2S/c1-2-5-12(8-9-21)10-19-16(22)15-11-20-17(23-15)13-6-3-4-7-14(13)18/h3-4,6-7,11-12,21H,2,5,8-10H2,1H3,(H,19,22). The second-order valence-electron chi connectivity index (χ2n) is 5.39. The van der Waals surface area contributed by atoms with Gasteiger partial charge in [0, 0.05) is 18.7 Å². The van der Waals surface area contributed by atoms with E-state index in [9.17, 15) is 9.18 Å². The third-order valence-corrected chi connectivity index (χ3v) is 4.65. The molecule has 0 aliphatic heterocycles. The summed E-state index contributed by atoms with van der Waals surface area (Å²) in [5, 5.41) is 12.4. The SMILES string of the molecule is CCCC(CCO)CNC(=O)c1cnc(-c2ccccc2F)s1. The fraction of sp³-hybridized carbons (Fsp3) is 0.412. The van der Waals surface area contributed by atoms with Crippen molar-refractivity contribution in [3.05, 3.63) is 41.2 Å². The van der Waals surface area contributed by atoms with Crippen LogP contribution in [-0.4, -0.2) is 29.1 Å². The topological polar surface area (TPSA) is 62.2 Å². The average molecular weight is 336 g/mol. The molecule has 1 atom stereocenters. The molecule has 1 aromatic heterocycles. The molecular formula is C17H21FN2O2S. The lowest BCUT2D eigenvalue weighted by Gasteiger charge is -2.15. The zero-order chi connectivity index (χ0) is 16.7. The summed E-state index contributed by atoms with van der Waals surface area (Å²) < 4.78 is 13.8. The first-order chi connectivity index (χ1) is 11.2. The fourth-order valence-corrected chi connectivity index (χ4v) is 3.26. The van der Waals surface area contributed by atoms with Gasteiger partial charge in [-0.2, -0.15) is 0 Å². The largest absolute Gasteiger partial charge is 0.396 e. The van der Waals surface area contributed by atoms with E-state index in [0.717, 1.165) is 12.8 Å². The zero-order valence-electron chi connectivity index (χ0n) is 13.1. The molecule has 1 amide bonds. The molecule has 1 unspecified atom stereocenters. The molecular weight excluding hydrogens is 315 g/mol. The number of hydrogen-bond donors (Lipinski definition) is 2. The van der Waals surface area contributed by atoms with E-state index in [2.05, 4.69) is 17.2 Å². The maximum Gasteiger partial charge on any atom is 0.263 e. The van der Waals surface area contributed by atoms with Crippen LogP contribution in [0, 0.1) is 11.7 Å². The van der Waals surface area contributed by atoms with Crippen LogP contribution in [-0.2, 0) is 0 Å². The van der Waals surface area contributed by atoms with Crippen molar-refractivity contribution in [2.75, 3.05) is 13.2 Å². The maximum absolute atomic E-state index is 13.8. The number of aromatic nitrogens is 1. The predicted octanol–water partition coefficient (Wildman–Crippen LogP) is 3.48. The summed E-state index contributed by atoms with van der Waals surface area (Å²) in [6.07, 6.45) is 4.13. The monoisotopic (exact) mass is 336 g/mol. The number of aliphatic hydroxyl groups excluding tert-OH is 1. The lowest BCUT2D eigenvalue weighted by Crippen LogP contribution is -2.29. The van der Waals surface area contributed by atoms with Crippen molar-refractivity contribution >= 4 is 17.2 Å². The highest BCUT2D eigenvalue weighted by atomic mass is 32.1. The molecule has 0 aliphatic rings. The Morgan fingerprint density at radius 1 is 1.39 bits per heavy atom. The molecule has 1 heterocycles. The number of rotatable bonds is 8. The van der Waals surface area contributed by atoms with Crippen LogP contribution in [0.3, 0.4) is 0 Å². The van der Waals surface area contributed by atoms with Gasteiger partial charge >= 0.3 is 0 Å². The van der Waals surface area contributed by atoms with Crippen LogP contribution in [0.1, 0.15) is 35.9 Å². The van der Waals surface area contributed by atoms with Gasteiger partial charge in [0.25, 0.3) is 5.91 Å². The first-order valence-corrected chi connectivity index (χ1v) is 8.57. The van der Waals surface area contributed by atoms with E-state index in [1.807, 2.05) is 0 Å². The van der Waals surface area contributed by atoms with Gasteiger partial charge in [0.05, 0.1) is 6.20 Å². The van der Waals surface area contributed by atoms with E-state index in [1.54, 1.807) is 18.2 Å². The predicted molar refractivity (Wildman–Crippen MR) is 89.9 cm³/mol. The Morgan fingerprint density at radius 3 is 2.87 bits per heavy atom. The molecule has 2 N–H and O–H groups in total. The lowest BCUT2D eigenvalue weighted by atomic mass is 10.0. The van der Waals surface area contributed by atoms with Crippen LogP contribution in [0.5, 0.6) is 0 Å². The van der Waals surface area contributed by atoms with Gasteiger partial charge in [-0.05, 0) is 30.9 Å². The summed E-state index contributed by atoms with van der Waals surface area (Å²) in [6.45, 7) is 2.73. The molecule has 0 aliphatic carbocycles. The molecule has 6 heteroatoms. The molecule has 124 valence electrons. The van der Waals surface area contributed by atoms with Crippen LogP contribution < -0.4 is 5.32 Å². The fourth-order valence-electron chi connectivity index (χ4n) is 2.40. The molecule has 0 radical (unpaired) electrons. The Morgan fingerprint density at radius 2 is 2.17 bits per heavy atom. The Bertz CT molecular complexity index is 639. The van der Waals surface area contributed by atoms with Crippen molar-refractivity contribution in [2.24, 2.45) is 5.92 Å². The average Bonchev–Trinajstić information content (AvgIpc) is 3.03. The van der Waals surface area contributed by atoms with Gasteiger partial charge in [-0.15, -0.1) is 11.3 Å². The molecule has 0 saturated carbocycles. The Hall–Kier alpha value is -1.79. The highest BCUT2D eigenvalue weighted by Gasteiger charge is 2.15. The Labute approximate surface area is 139 Å². The Kier molecular flexibility index (Phi) is 6.67. The third kappa shape index (κ3) is 4.84. The second-order valence-corrected chi connectivity index (χ2v) is 6.42. The maximum atomic E-state index is 13.8. The van der Waals surface area contributed by atoms with Crippen molar-refractivity contribution < 1.29 is 14.3 Å². The second kappa shape index (κ2) is 8.74. The van der Waals surface area contributed by atoms with Gasteiger partial charge in [0.2, 0.25) is 0 Å². The molecule has 4 nitrogen and oxygen atoms in total. The Balaban J connectivity index is 2.00. The van der Waals surface area contributed by atoms with E-state index < -0.39 is 0 Å². The van der Waals surface area contributed by atoms with Gasteiger partial charge in [0.1, 0.15) is 15.7 Å². The van der Waals surface area contributed by atoms with E-state index >= 15 is 0 Å². The van der Waals surface area contributed by atoms with Gasteiger partial charge in [-0.1, -0.05) is 25.5 Å². The van der Waals surface area contributed by atoms with Gasteiger partial charge in [-0.3, -0.25) is 4.79 Å². The molecule has 0 fully saturated rings. The van der Waals surface area contributed by atoms with Crippen molar-refractivity contribution in [3.63, 3.8) is 0 Å². The molecule has 23 heavy (non-hydrogen) atoms. The highest BCUT2D eigenvalue weighted by Crippen LogP contribution is 2.27. The lowest BCUT2D eigenvalue weighted by molar-refractivity contribution is 0.0946. The number of benzene rings is 1. The van der Waals surface area contributed by atoms with Gasteiger partial charge in [0.15, 0.2) is 0 Å². The molecule has 2 rings (SSSR count). The summed E-state index contributed by atoms with van der Waals surface area (Å²) in [6, 6.07) is 6.38. The van der Waals surface area contributed by atoms with E-state index in [0.29, 0.717) is 28.4 Å². The van der Waals surface area contributed by atoms with Crippen molar-refractivity contribution in [1.29, 1.82) is 0 Å². The van der Waals surface area contributed by atoms with Crippen molar-refractivity contribution in [1.82, 2.24) is 10.3 Å². The van der Waals surface area contributed by atoms with Crippen molar-refractivity contribution in [3.8, 4) is 10.6 Å². The summed E-state index contributed by atoms with van der Waals surface area (Å²) in [7, 11) is 0. The minimum absolute atomic E-state index is 0.124. The van der Waals surface area contributed by atoms with E-state index in [1.165, 1.54) is 23.6 Å². The summed E-state index contributed by atoms with van der Waals surface area (Å²) in [5.74, 6) is -0.281. The number of aliphatic hydroxyl groups is 1. The zero-order valence-corrected chi connectivity index (χ0v) is 13.9. The van der Waals surface area contributed by atoms with Crippen LogP contribution in [0.4, 0.5) is 4.39 Å². The summed E-state index contributed by atoms with van der Waals surface area (Å²) >= 11 is 1.17. The first-order valence-electron chi connectivity index (χ1n) is 7.75. The molecule has 2 aromatic rings. The number of carbonyl (C=O) groups is 1. The summed E-state index contributed by atoms with van der Waals surface area (Å²) in [5.41, 5.74) is 0.403. The molecule has 0 saturated heterocycles. The minimum atomic E-state index is -0.347. The normalized spacial score (nSPS) is 12.1. The van der Waals surface area contributed by atoms with Crippen LogP contribution >= 0.6 is 11.3 Å². The number of nitrogens with one attached hydrogen (secondary N) is 1. The van der Waals surface area contributed by atoms with Gasteiger partial charge in [-0.25, -0.2) is 9.37 Å². The first kappa shape index (κ1) is 17.6. The number of halogens is 1. The third-order valence-electron chi connectivity index (χ3n) is 3.62. The number of carbonyl (C=O) groups excluding carboxylic acids is 1. The van der Waals surface area contributed by atoms with Gasteiger partial charge < -0.3 is 10.4 Å². The quantitative estimate of drug-likeness (QED) is 0.776. The van der Waals surface area contributed by atoms with E-state index in [-0.39, 0.29) is 24.2 Å². The van der Waals surface area contributed by atoms with Crippen LogP contribution in [0.2, 0.25) is 0 Å². The smallest absolute Gasteiger partial charge is 0.263 e.